The number of hydrogen-bond donors (Lipinski definition) is 2. The van der Waals surface area contributed by atoms with Crippen LogP contribution in [0.3, 0.4) is 0 Å². The van der Waals surface area contributed by atoms with Gasteiger partial charge >= 0.3 is 0 Å². The molecule has 0 aliphatic rings. The summed E-state index contributed by atoms with van der Waals surface area (Å²) in [6, 6.07) is 1.91. The molecule has 0 saturated carbocycles. The first-order valence-corrected chi connectivity index (χ1v) is 7.04. The van der Waals surface area contributed by atoms with Gasteiger partial charge in [-0.3, -0.25) is 9.36 Å². The molecule has 2 heterocycles. The smallest absolute Gasteiger partial charge is 0.253 e. The second-order valence-corrected chi connectivity index (χ2v) is 5.17. The van der Waals surface area contributed by atoms with Crippen LogP contribution in [0.15, 0.2) is 17.6 Å². The highest BCUT2D eigenvalue weighted by atomic mass is 35.5. The fourth-order valence-corrected chi connectivity index (χ4v) is 2.76. The maximum absolute atomic E-state index is 12.1. The molecular weight excluding hydrogens is 331 g/mol. The van der Waals surface area contributed by atoms with Gasteiger partial charge in [0.05, 0.1) is 5.56 Å². The van der Waals surface area contributed by atoms with Crippen LogP contribution in [0.4, 0.5) is 0 Å². The molecule has 2 aromatic rings. The Morgan fingerprint density at radius 2 is 2.05 bits per heavy atom. The maximum Gasteiger partial charge on any atom is 0.253 e. The minimum atomic E-state index is -0.0360. The van der Waals surface area contributed by atoms with Crippen LogP contribution < -0.4 is 10.6 Å². The SMILES string of the molecule is CNCCNC(=O)c1cc(C)n(-c2nccs2)c1C.Cl.Cl. The lowest BCUT2D eigenvalue weighted by Crippen LogP contribution is -2.30. The summed E-state index contributed by atoms with van der Waals surface area (Å²) < 4.78 is 2.01. The van der Waals surface area contributed by atoms with Crippen molar-refractivity contribution in [2.45, 2.75) is 13.8 Å². The molecule has 0 spiro atoms. The van der Waals surface area contributed by atoms with E-state index in [9.17, 15) is 4.79 Å². The molecule has 0 radical (unpaired) electrons. The number of hydrogen-bond acceptors (Lipinski definition) is 4. The van der Waals surface area contributed by atoms with Gasteiger partial charge in [0.25, 0.3) is 5.91 Å². The predicted molar refractivity (Wildman–Crippen MR) is 91.7 cm³/mol. The van der Waals surface area contributed by atoms with Gasteiger partial charge in [-0.15, -0.1) is 36.2 Å². The lowest BCUT2D eigenvalue weighted by molar-refractivity contribution is 0.0953. The lowest BCUT2D eigenvalue weighted by Gasteiger charge is -2.06. The maximum atomic E-state index is 12.1. The largest absolute Gasteiger partial charge is 0.351 e. The molecule has 0 fully saturated rings. The van der Waals surface area contributed by atoms with Crippen LogP contribution in [0.1, 0.15) is 21.7 Å². The first kappa shape index (κ1) is 19.9. The highest BCUT2D eigenvalue weighted by Crippen LogP contribution is 2.22. The number of halogens is 2. The zero-order chi connectivity index (χ0) is 13.8. The predicted octanol–water partition coefficient (Wildman–Crippen LogP) is 2.34. The number of likely N-dealkylation sites (N-methyl/N-ethyl adjacent to an activating group) is 1. The quantitative estimate of drug-likeness (QED) is 0.813. The average molecular weight is 351 g/mol. The number of amides is 1. The Morgan fingerprint density at radius 3 is 2.62 bits per heavy atom. The van der Waals surface area contributed by atoms with Crippen LogP contribution in [0.2, 0.25) is 0 Å². The third kappa shape index (κ3) is 4.44. The normalized spacial score (nSPS) is 9.67. The van der Waals surface area contributed by atoms with Gasteiger partial charge in [-0.25, -0.2) is 4.98 Å². The third-order valence-electron chi connectivity index (χ3n) is 2.95. The zero-order valence-electron chi connectivity index (χ0n) is 12.2. The van der Waals surface area contributed by atoms with E-state index in [0.717, 1.165) is 23.1 Å². The molecule has 0 atom stereocenters. The number of nitrogens with one attached hydrogen (secondary N) is 2. The molecule has 0 aromatic carbocycles. The van der Waals surface area contributed by atoms with Crippen molar-refractivity contribution in [3.05, 3.63) is 34.6 Å². The summed E-state index contributed by atoms with van der Waals surface area (Å²) in [6.07, 6.45) is 1.77. The number of aromatic nitrogens is 2. The molecule has 2 aromatic heterocycles. The van der Waals surface area contributed by atoms with Crippen LogP contribution in [0.25, 0.3) is 5.13 Å². The van der Waals surface area contributed by atoms with E-state index in [1.165, 1.54) is 0 Å². The highest BCUT2D eigenvalue weighted by Gasteiger charge is 2.17. The van der Waals surface area contributed by atoms with Crippen molar-refractivity contribution in [1.82, 2.24) is 20.2 Å². The van der Waals surface area contributed by atoms with Crippen LogP contribution in [-0.4, -0.2) is 35.6 Å². The molecule has 2 N–H and O–H groups in total. The summed E-state index contributed by atoms with van der Waals surface area (Å²) in [5.41, 5.74) is 2.66. The zero-order valence-corrected chi connectivity index (χ0v) is 14.6. The molecule has 8 heteroatoms. The van der Waals surface area contributed by atoms with Crippen molar-refractivity contribution in [1.29, 1.82) is 0 Å². The Labute approximate surface area is 141 Å². The fourth-order valence-electron chi connectivity index (χ4n) is 2.01. The summed E-state index contributed by atoms with van der Waals surface area (Å²) in [5, 5.41) is 8.72. The summed E-state index contributed by atoms with van der Waals surface area (Å²) >= 11 is 1.56. The van der Waals surface area contributed by atoms with E-state index in [0.29, 0.717) is 12.1 Å². The first-order valence-electron chi connectivity index (χ1n) is 6.16. The van der Waals surface area contributed by atoms with E-state index in [2.05, 4.69) is 15.6 Å². The number of carbonyl (C=O) groups excluding carboxylic acids is 1. The topological polar surface area (TPSA) is 58.9 Å². The molecule has 0 aliphatic carbocycles. The molecule has 21 heavy (non-hydrogen) atoms. The molecule has 1 amide bonds. The minimum absolute atomic E-state index is 0. The van der Waals surface area contributed by atoms with Crippen molar-refractivity contribution in [2.24, 2.45) is 0 Å². The van der Waals surface area contributed by atoms with Crippen molar-refractivity contribution in [2.75, 3.05) is 20.1 Å². The molecule has 0 saturated heterocycles. The molecule has 0 bridgehead atoms. The lowest BCUT2D eigenvalue weighted by atomic mass is 10.2. The van der Waals surface area contributed by atoms with Crippen molar-refractivity contribution < 1.29 is 4.79 Å². The monoisotopic (exact) mass is 350 g/mol. The second-order valence-electron chi connectivity index (χ2n) is 4.29. The molecule has 0 unspecified atom stereocenters. The van der Waals surface area contributed by atoms with Gasteiger partial charge in [-0.2, -0.15) is 0 Å². The Hall–Kier alpha value is -1.08. The van der Waals surface area contributed by atoms with Gasteiger partial charge in [0.2, 0.25) is 0 Å². The van der Waals surface area contributed by atoms with Crippen molar-refractivity contribution in [3.8, 4) is 5.13 Å². The number of nitrogens with zero attached hydrogens (tertiary/aromatic N) is 2. The van der Waals surface area contributed by atoms with E-state index in [1.807, 2.05) is 36.9 Å². The van der Waals surface area contributed by atoms with Gasteiger partial charge in [0, 0.05) is 36.1 Å². The average Bonchev–Trinajstić information content (AvgIpc) is 2.98. The second kappa shape index (κ2) is 9.04. The van der Waals surface area contributed by atoms with Crippen LogP contribution in [0.5, 0.6) is 0 Å². The van der Waals surface area contributed by atoms with Gasteiger partial charge in [-0.05, 0) is 27.0 Å². The van der Waals surface area contributed by atoms with E-state index in [1.54, 1.807) is 17.5 Å². The Morgan fingerprint density at radius 1 is 1.33 bits per heavy atom. The molecule has 0 aliphatic heterocycles. The van der Waals surface area contributed by atoms with Crippen LogP contribution in [0, 0.1) is 13.8 Å². The van der Waals surface area contributed by atoms with Crippen LogP contribution >= 0.6 is 36.2 Å². The van der Waals surface area contributed by atoms with E-state index >= 15 is 0 Å². The summed E-state index contributed by atoms with van der Waals surface area (Å²) in [4.78, 5) is 16.4. The number of rotatable bonds is 5. The molecule has 2 rings (SSSR count). The van der Waals surface area contributed by atoms with Gasteiger partial charge in [0.1, 0.15) is 0 Å². The number of aryl methyl sites for hydroxylation is 1. The van der Waals surface area contributed by atoms with E-state index in [4.69, 9.17) is 0 Å². The fraction of sp³-hybridized carbons (Fsp3) is 0.385. The van der Waals surface area contributed by atoms with Crippen molar-refractivity contribution >= 4 is 42.1 Å². The molecule has 118 valence electrons. The van der Waals surface area contributed by atoms with Gasteiger partial charge < -0.3 is 10.6 Å². The summed E-state index contributed by atoms with van der Waals surface area (Å²) in [5.74, 6) is -0.0360. The first-order chi connectivity index (χ1) is 9.15. The highest BCUT2D eigenvalue weighted by molar-refractivity contribution is 7.12. The number of carbonyl (C=O) groups is 1. The number of thiazole rings is 1. The molecule has 5 nitrogen and oxygen atoms in total. The van der Waals surface area contributed by atoms with E-state index < -0.39 is 0 Å². The third-order valence-corrected chi connectivity index (χ3v) is 3.70. The summed E-state index contributed by atoms with van der Waals surface area (Å²) in [7, 11) is 1.86. The Bertz CT molecular complexity index is 569. The standard InChI is InChI=1S/C13H18N4OS.2ClH/c1-9-8-11(12(18)15-5-4-14-3)10(2)17(9)13-16-6-7-19-13;;/h6-8,14H,4-5H2,1-3H3,(H,15,18);2*1H. The minimum Gasteiger partial charge on any atom is -0.351 e. The van der Waals surface area contributed by atoms with Crippen LogP contribution in [-0.2, 0) is 0 Å². The van der Waals surface area contributed by atoms with Gasteiger partial charge in [0.15, 0.2) is 5.13 Å². The van der Waals surface area contributed by atoms with E-state index in [-0.39, 0.29) is 30.7 Å². The summed E-state index contributed by atoms with van der Waals surface area (Å²) in [6.45, 7) is 5.31. The van der Waals surface area contributed by atoms with Crippen molar-refractivity contribution in [3.63, 3.8) is 0 Å². The molecular formula is C13H20Cl2N4OS. The Kier molecular flexibility index (Phi) is 8.58. The Balaban J connectivity index is 0.00000200. The van der Waals surface area contributed by atoms with Gasteiger partial charge in [-0.1, -0.05) is 0 Å².